The molecule has 1 aromatic rings. The van der Waals surface area contributed by atoms with Crippen molar-refractivity contribution in [2.75, 3.05) is 0 Å². The van der Waals surface area contributed by atoms with Crippen LogP contribution in [0.3, 0.4) is 0 Å². The highest BCUT2D eigenvalue weighted by Gasteiger charge is 2.30. The molecule has 0 aromatic heterocycles. The second kappa shape index (κ2) is 3.91. The molecule has 0 radical (unpaired) electrons. The first-order chi connectivity index (χ1) is 8.66. The third kappa shape index (κ3) is 1.57. The van der Waals surface area contributed by atoms with E-state index in [0.29, 0.717) is 29.7 Å². The third-order valence-electron chi connectivity index (χ3n) is 3.33. The highest BCUT2D eigenvalue weighted by atomic mass is 16.2. The number of nitrogens with one attached hydrogen (secondary N) is 1. The van der Waals surface area contributed by atoms with Gasteiger partial charge in [-0.2, -0.15) is 0 Å². The summed E-state index contributed by atoms with van der Waals surface area (Å²) in [6, 6.07) is 7.17. The number of allylic oxidation sites excluding steroid dienone is 1. The molecule has 1 aliphatic heterocycles. The van der Waals surface area contributed by atoms with Gasteiger partial charge in [-0.1, -0.05) is 18.2 Å². The van der Waals surface area contributed by atoms with Crippen LogP contribution in [0.5, 0.6) is 0 Å². The van der Waals surface area contributed by atoms with Gasteiger partial charge in [0.15, 0.2) is 5.78 Å². The van der Waals surface area contributed by atoms with Gasteiger partial charge in [0.05, 0.1) is 12.1 Å². The van der Waals surface area contributed by atoms with Crippen molar-refractivity contribution in [1.29, 1.82) is 0 Å². The van der Waals surface area contributed by atoms with Crippen molar-refractivity contribution in [2.45, 2.75) is 19.3 Å². The zero-order valence-corrected chi connectivity index (χ0v) is 9.66. The molecule has 1 heterocycles. The minimum atomic E-state index is -0.183. The van der Waals surface area contributed by atoms with Crippen LogP contribution in [0.4, 0.5) is 0 Å². The molecule has 1 saturated carbocycles. The molecule has 0 atom stereocenters. The number of hydrogen-bond acceptors (Lipinski definition) is 3. The van der Waals surface area contributed by atoms with Crippen molar-refractivity contribution in [1.82, 2.24) is 5.32 Å². The van der Waals surface area contributed by atoms with E-state index in [-0.39, 0.29) is 23.9 Å². The lowest BCUT2D eigenvalue weighted by Gasteiger charge is -2.15. The van der Waals surface area contributed by atoms with Gasteiger partial charge in [-0.05, 0) is 12.5 Å². The van der Waals surface area contributed by atoms with Gasteiger partial charge < -0.3 is 5.32 Å². The van der Waals surface area contributed by atoms with Gasteiger partial charge in [-0.15, -0.1) is 0 Å². The van der Waals surface area contributed by atoms with E-state index in [2.05, 4.69) is 5.32 Å². The minimum absolute atomic E-state index is 0.0260. The van der Waals surface area contributed by atoms with Crippen LogP contribution >= 0.6 is 0 Å². The van der Waals surface area contributed by atoms with Crippen LogP contribution in [0, 0.1) is 0 Å². The van der Waals surface area contributed by atoms with Crippen molar-refractivity contribution in [3.05, 3.63) is 41.0 Å². The molecule has 1 N–H and O–H groups in total. The lowest BCUT2D eigenvalue weighted by Crippen LogP contribution is -2.22. The normalized spacial score (nSPS) is 23.0. The molecule has 3 rings (SSSR count). The van der Waals surface area contributed by atoms with E-state index in [1.165, 1.54) is 0 Å². The van der Waals surface area contributed by atoms with Crippen molar-refractivity contribution in [3.63, 3.8) is 0 Å². The Morgan fingerprint density at radius 2 is 1.67 bits per heavy atom. The fourth-order valence-corrected chi connectivity index (χ4v) is 2.43. The van der Waals surface area contributed by atoms with E-state index in [9.17, 15) is 14.4 Å². The Morgan fingerprint density at radius 3 is 2.39 bits per heavy atom. The number of Topliss-reactive ketones (excluding diaryl/α,β-unsaturated/α-hetero) is 2. The largest absolute Gasteiger partial charge is 0.321 e. The summed E-state index contributed by atoms with van der Waals surface area (Å²) in [5, 5.41) is 2.74. The molecule has 0 bridgehead atoms. The molecule has 4 nitrogen and oxygen atoms in total. The molecule has 1 fully saturated rings. The van der Waals surface area contributed by atoms with Gasteiger partial charge >= 0.3 is 0 Å². The van der Waals surface area contributed by atoms with Crippen molar-refractivity contribution in [3.8, 4) is 0 Å². The molecule has 90 valence electrons. The fraction of sp³-hybridized carbons (Fsp3) is 0.214. The van der Waals surface area contributed by atoms with Crippen LogP contribution in [-0.4, -0.2) is 17.5 Å². The number of rotatable bonds is 0. The Morgan fingerprint density at radius 1 is 0.944 bits per heavy atom. The Balaban J connectivity index is 2.11. The summed E-state index contributed by atoms with van der Waals surface area (Å²) in [5.41, 5.74) is 2.52. The Kier molecular flexibility index (Phi) is 2.37. The first-order valence-corrected chi connectivity index (χ1v) is 5.85. The number of fused-ring (bicyclic) bond motifs is 1. The third-order valence-corrected chi connectivity index (χ3v) is 3.33. The molecule has 18 heavy (non-hydrogen) atoms. The Hall–Kier alpha value is -2.23. The second-order valence-electron chi connectivity index (χ2n) is 4.49. The lowest BCUT2D eigenvalue weighted by molar-refractivity contribution is -0.126. The molecular weight excluding hydrogens is 230 g/mol. The zero-order chi connectivity index (χ0) is 12.7. The maximum Gasteiger partial charge on any atom is 0.256 e. The lowest BCUT2D eigenvalue weighted by atomic mass is 9.89. The average Bonchev–Trinajstić information content (AvgIpc) is 2.68. The van der Waals surface area contributed by atoms with Crippen LogP contribution in [0.1, 0.15) is 35.2 Å². The zero-order valence-electron chi connectivity index (χ0n) is 9.66. The number of benzene rings is 1. The number of amides is 1. The van der Waals surface area contributed by atoms with E-state index in [4.69, 9.17) is 0 Å². The molecule has 4 heteroatoms. The number of carbonyl (C=O) groups excluding carboxylic acids is 3. The fourth-order valence-electron chi connectivity index (χ4n) is 2.43. The van der Waals surface area contributed by atoms with Gasteiger partial charge in [0.2, 0.25) is 0 Å². The van der Waals surface area contributed by atoms with Gasteiger partial charge in [-0.25, -0.2) is 0 Å². The summed E-state index contributed by atoms with van der Waals surface area (Å²) in [6.07, 6.45) is 0.751. The van der Waals surface area contributed by atoms with Crippen molar-refractivity contribution < 1.29 is 14.4 Å². The smallest absolute Gasteiger partial charge is 0.256 e. The van der Waals surface area contributed by atoms with Gasteiger partial charge in [0.25, 0.3) is 5.91 Å². The Labute approximate surface area is 104 Å². The summed E-state index contributed by atoms with van der Waals surface area (Å²) < 4.78 is 0. The monoisotopic (exact) mass is 241 g/mol. The van der Waals surface area contributed by atoms with Crippen LogP contribution in [0.25, 0.3) is 5.70 Å². The highest BCUT2D eigenvalue weighted by molar-refractivity contribution is 6.18. The van der Waals surface area contributed by atoms with Gasteiger partial charge in [-0.3, -0.25) is 14.4 Å². The predicted octanol–water partition coefficient (Wildman–Crippen LogP) is 1.46. The maximum atomic E-state index is 11.9. The molecule has 1 amide bonds. The molecule has 0 saturated heterocycles. The second-order valence-corrected chi connectivity index (χ2v) is 4.49. The predicted molar refractivity (Wildman–Crippen MR) is 64.7 cm³/mol. The number of ketones is 2. The highest BCUT2D eigenvalue weighted by Crippen LogP contribution is 2.31. The number of hydrogen-bond donors (Lipinski definition) is 1. The van der Waals surface area contributed by atoms with Crippen LogP contribution in [-0.2, 0) is 9.59 Å². The summed E-state index contributed by atoms with van der Waals surface area (Å²) in [5.74, 6) is -0.377. The molecule has 2 aliphatic rings. The average molecular weight is 241 g/mol. The van der Waals surface area contributed by atoms with E-state index < -0.39 is 0 Å². The van der Waals surface area contributed by atoms with Crippen LogP contribution < -0.4 is 5.32 Å². The van der Waals surface area contributed by atoms with E-state index in [1.807, 2.05) is 12.1 Å². The summed E-state index contributed by atoms with van der Waals surface area (Å²) in [6.45, 7) is 0. The standard InChI is InChI=1S/C14H11NO3/c16-8-5-6-11(12(17)7-8)13-9-3-1-2-4-10(9)14(18)15-13/h1-4H,5-7H2,(H,15,18). The Bertz CT molecular complexity index is 613. The first kappa shape index (κ1) is 10.9. The van der Waals surface area contributed by atoms with Crippen LogP contribution in [0.15, 0.2) is 29.8 Å². The summed E-state index contributed by atoms with van der Waals surface area (Å²) in [4.78, 5) is 34.9. The van der Waals surface area contributed by atoms with E-state index in [1.54, 1.807) is 12.1 Å². The topological polar surface area (TPSA) is 63.2 Å². The van der Waals surface area contributed by atoms with E-state index >= 15 is 0 Å². The maximum absolute atomic E-state index is 11.9. The molecule has 1 aromatic carbocycles. The molecule has 0 spiro atoms. The van der Waals surface area contributed by atoms with Crippen LogP contribution in [0.2, 0.25) is 0 Å². The van der Waals surface area contributed by atoms with E-state index in [0.717, 1.165) is 5.56 Å². The molecule has 0 unspecified atom stereocenters. The SMILES string of the molecule is O=C1CCC(=C2NC(=O)c3ccccc32)C(=O)C1. The minimum Gasteiger partial charge on any atom is -0.321 e. The van der Waals surface area contributed by atoms with Crippen molar-refractivity contribution in [2.24, 2.45) is 0 Å². The number of carbonyl (C=O) groups is 3. The quantitative estimate of drug-likeness (QED) is 0.552. The molecule has 1 aliphatic carbocycles. The molecular formula is C14H11NO3. The first-order valence-electron chi connectivity index (χ1n) is 5.85. The summed E-state index contributed by atoms with van der Waals surface area (Å²) >= 11 is 0. The van der Waals surface area contributed by atoms with Gasteiger partial charge in [0, 0.05) is 23.1 Å². The van der Waals surface area contributed by atoms with Gasteiger partial charge in [0.1, 0.15) is 5.78 Å². The van der Waals surface area contributed by atoms with Crippen molar-refractivity contribution >= 4 is 23.2 Å². The summed E-state index contributed by atoms with van der Waals surface area (Å²) in [7, 11) is 0.